The highest BCUT2D eigenvalue weighted by Crippen LogP contribution is 2.31. The summed E-state index contributed by atoms with van der Waals surface area (Å²) in [6, 6.07) is 10.4. The Morgan fingerprint density at radius 1 is 1.26 bits per heavy atom. The molecule has 1 aliphatic heterocycles. The normalized spacial score (nSPS) is 19.1. The summed E-state index contributed by atoms with van der Waals surface area (Å²) in [5.41, 5.74) is 5.04. The van der Waals surface area contributed by atoms with Crippen molar-refractivity contribution in [3.05, 3.63) is 58.4 Å². The third-order valence-corrected chi connectivity index (χ3v) is 5.67. The second-order valence-electron chi connectivity index (χ2n) is 7.54. The van der Waals surface area contributed by atoms with Gasteiger partial charge in [-0.05, 0) is 37.3 Å². The lowest BCUT2D eigenvalue weighted by Crippen LogP contribution is -2.36. The van der Waals surface area contributed by atoms with E-state index in [0.717, 1.165) is 48.3 Å². The van der Waals surface area contributed by atoms with Crippen molar-refractivity contribution in [1.29, 1.82) is 0 Å². The number of ether oxygens (including phenoxy) is 1. The number of carbonyl (C=O) groups is 2. The number of hydrogen-bond acceptors (Lipinski definition) is 3. The molecule has 1 fully saturated rings. The first-order valence-electron chi connectivity index (χ1n) is 9.78. The molecule has 1 unspecified atom stereocenters. The highest BCUT2D eigenvalue weighted by Gasteiger charge is 2.29. The Hall–Kier alpha value is -2.40. The Labute approximate surface area is 159 Å². The first kappa shape index (κ1) is 18.0. The fraction of sp³-hybridized carbons (Fsp3) is 0.455. The fourth-order valence-corrected chi connectivity index (χ4v) is 4.27. The highest BCUT2D eigenvalue weighted by atomic mass is 16.5. The summed E-state index contributed by atoms with van der Waals surface area (Å²) in [6.07, 6.45) is 3.48. The Balaban J connectivity index is 1.64. The van der Waals surface area contributed by atoms with Gasteiger partial charge in [0.1, 0.15) is 0 Å². The molecule has 5 nitrogen and oxygen atoms in total. The molecule has 1 atom stereocenters. The van der Waals surface area contributed by atoms with Crippen molar-refractivity contribution in [2.24, 2.45) is 0 Å². The maximum Gasteiger partial charge on any atom is 0.224 e. The van der Waals surface area contributed by atoms with Crippen LogP contribution in [0.1, 0.15) is 52.1 Å². The van der Waals surface area contributed by atoms with Crippen molar-refractivity contribution < 1.29 is 14.3 Å². The molecule has 5 heteroatoms. The van der Waals surface area contributed by atoms with Crippen LogP contribution in [0.5, 0.6) is 0 Å². The minimum absolute atomic E-state index is 0.0216. The summed E-state index contributed by atoms with van der Waals surface area (Å²) >= 11 is 0. The molecule has 2 heterocycles. The summed E-state index contributed by atoms with van der Waals surface area (Å²) in [5.74, 6) is 0.157. The summed E-state index contributed by atoms with van der Waals surface area (Å²) in [6.45, 7) is 4.05. The molecule has 142 valence electrons. The SMILES string of the molecule is Cc1c(CC(=O)NC2CCOC2)c2c(n1Cc1ccccc1)CCCC2=O. The van der Waals surface area contributed by atoms with E-state index < -0.39 is 0 Å². The molecule has 0 bridgehead atoms. The van der Waals surface area contributed by atoms with Crippen LogP contribution in [0.3, 0.4) is 0 Å². The minimum atomic E-state index is -0.0216. The molecule has 1 aromatic heterocycles. The van der Waals surface area contributed by atoms with Gasteiger partial charge in [-0.25, -0.2) is 0 Å². The zero-order valence-electron chi connectivity index (χ0n) is 15.8. The molecule has 0 radical (unpaired) electrons. The highest BCUT2D eigenvalue weighted by molar-refractivity contribution is 6.01. The number of benzene rings is 1. The lowest BCUT2D eigenvalue weighted by molar-refractivity contribution is -0.121. The molecule has 1 aliphatic carbocycles. The number of Topliss-reactive ketones (excluding diaryl/α,β-unsaturated/α-hetero) is 1. The third-order valence-electron chi connectivity index (χ3n) is 5.67. The molecule has 1 saturated heterocycles. The van der Waals surface area contributed by atoms with E-state index in [4.69, 9.17) is 4.74 Å². The summed E-state index contributed by atoms with van der Waals surface area (Å²) in [4.78, 5) is 25.3. The first-order chi connectivity index (χ1) is 13.1. The van der Waals surface area contributed by atoms with Gasteiger partial charge in [-0.3, -0.25) is 9.59 Å². The smallest absolute Gasteiger partial charge is 0.224 e. The summed E-state index contributed by atoms with van der Waals surface area (Å²) in [5, 5.41) is 3.05. The van der Waals surface area contributed by atoms with Gasteiger partial charge in [-0.15, -0.1) is 0 Å². The van der Waals surface area contributed by atoms with Crippen LogP contribution in [0.25, 0.3) is 0 Å². The van der Waals surface area contributed by atoms with Crippen molar-refractivity contribution in [2.75, 3.05) is 13.2 Å². The molecule has 2 aromatic rings. The molecule has 27 heavy (non-hydrogen) atoms. The van der Waals surface area contributed by atoms with E-state index >= 15 is 0 Å². The van der Waals surface area contributed by atoms with Gasteiger partial charge in [0.15, 0.2) is 5.78 Å². The van der Waals surface area contributed by atoms with E-state index in [0.29, 0.717) is 19.6 Å². The van der Waals surface area contributed by atoms with Crippen molar-refractivity contribution >= 4 is 11.7 Å². The maximum absolute atomic E-state index is 12.7. The second kappa shape index (κ2) is 7.69. The Morgan fingerprint density at radius 3 is 2.81 bits per heavy atom. The van der Waals surface area contributed by atoms with Crippen LogP contribution in [-0.4, -0.2) is 35.5 Å². The number of hydrogen-bond donors (Lipinski definition) is 1. The van der Waals surface area contributed by atoms with Crippen LogP contribution < -0.4 is 5.32 Å². The minimum Gasteiger partial charge on any atom is -0.379 e. The van der Waals surface area contributed by atoms with Crippen molar-refractivity contribution in [3.63, 3.8) is 0 Å². The Bertz CT molecular complexity index is 848. The van der Waals surface area contributed by atoms with E-state index in [1.54, 1.807) is 0 Å². The molecule has 1 aromatic carbocycles. The number of nitrogens with one attached hydrogen (secondary N) is 1. The number of aromatic nitrogens is 1. The fourth-order valence-electron chi connectivity index (χ4n) is 4.27. The molecule has 1 amide bonds. The number of rotatable bonds is 5. The van der Waals surface area contributed by atoms with E-state index in [9.17, 15) is 9.59 Å². The lowest BCUT2D eigenvalue weighted by Gasteiger charge is -2.16. The van der Waals surface area contributed by atoms with E-state index in [1.165, 1.54) is 5.56 Å². The number of fused-ring (bicyclic) bond motifs is 1. The van der Waals surface area contributed by atoms with Crippen LogP contribution in [-0.2, 0) is 28.9 Å². The number of amides is 1. The Kier molecular flexibility index (Phi) is 5.12. The first-order valence-corrected chi connectivity index (χ1v) is 9.78. The quantitative estimate of drug-likeness (QED) is 0.885. The second-order valence-corrected chi connectivity index (χ2v) is 7.54. The van der Waals surface area contributed by atoms with Gasteiger partial charge in [0.05, 0.1) is 19.1 Å². The van der Waals surface area contributed by atoms with E-state index in [1.807, 2.05) is 25.1 Å². The van der Waals surface area contributed by atoms with Gasteiger partial charge in [0.2, 0.25) is 5.91 Å². The average Bonchev–Trinajstić information content (AvgIpc) is 3.26. The molecule has 4 rings (SSSR count). The van der Waals surface area contributed by atoms with Crippen LogP contribution in [0.4, 0.5) is 0 Å². The molecular formula is C22H26N2O3. The van der Waals surface area contributed by atoms with Crippen molar-refractivity contribution in [2.45, 2.75) is 51.6 Å². The van der Waals surface area contributed by atoms with Gasteiger partial charge in [-0.2, -0.15) is 0 Å². The van der Waals surface area contributed by atoms with Crippen LogP contribution in [0.2, 0.25) is 0 Å². The molecule has 0 spiro atoms. The van der Waals surface area contributed by atoms with E-state index in [-0.39, 0.29) is 24.2 Å². The predicted octanol–water partition coefficient (Wildman–Crippen LogP) is 2.81. The zero-order chi connectivity index (χ0) is 18.8. The monoisotopic (exact) mass is 366 g/mol. The maximum atomic E-state index is 12.7. The number of nitrogens with zero attached hydrogens (tertiary/aromatic N) is 1. The molecular weight excluding hydrogens is 340 g/mol. The largest absolute Gasteiger partial charge is 0.379 e. The van der Waals surface area contributed by atoms with Gasteiger partial charge < -0.3 is 14.6 Å². The average molecular weight is 366 g/mol. The third kappa shape index (κ3) is 3.69. The zero-order valence-corrected chi connectivity index (χ0v) is 15.8. The standard InChI is InChI=1S/C22H26N2O3/c1-15-18(12-21(26)23-17-10-11-27-14-17)22-19(8-5-9-20(22)25)24(15)13-16-6-3-2-4-7-16/h2-4,6-7,17H,5,8-14H2,1H3,(H,23,26). The number of carbonyl (C=O) groups excluding carboxylic acids is 2. The summed E-state index contributed by atoms with van der Waals surface area (Å²) < 4.78 is 7.58. The van der Waals surface area contributed by atoms with Crippen LogP contribution >= 0.6 is 0 Å². The predicted molar refractivity (Wildman–Crippen MR) is 103 cm³/mol. The van der Waals surface area contributed by atoms with Crippen LogP contribution in [0, 0.1) is 6.92 Å². The van der Waals surface area contributed by atoms with Gasteiger partial charge in [0.25, 0.3) is 0 Å². The Morgan fingerprint density at radius 2 is 2.07 bits per heavy atom. The topological polar surface area (TPSA) is 60.3 Å². The van der Waals surface area contributed by atoms with Crippen LogP contribution in [0.15, 0.2) is 30.3 Å². The van der Waals surface area contributed by atoms with Crippen molar-refractivity contribution in [1.82, 2.24) is 9.88 Å². The number of ketones is 1. The van der Waals surface area contributed by atoms with Crippen molar-refractivity contribution in [3.8, 4) is 0 Å². The summed E-state index contributed by atoms with van der Waals surface area (Å²) in [7, 11) is 0. The van der Waals surface area contributed by atoms with E-state index in [2.05, 4.69) is 22.0 Å². The van der Waals surface area contributed by atoms with Gasteiger partial charge in [0, 0.05) is 36.5 Å². The van der Waals surface area contributed by atoms with Gasteiger partial charge in [-0.1, -0.05) is 30.3 Å². The molecule has 0 saturated carbocycles. The molecule has 2 aliphatic rings. The lowest BCUT2D eigenvalue weighted by atomic mass is 9.92. The van der Waals surface area contributed by atoms with Gasteiger partial charge >= 0.3 is 0 Å². The molecule has 1 N–H and O–H groups in total.